The first-order chi connectivity index (χ1) is 4.86. The van der Waals surface area contributed by atoms with E-state index in [2.05, 4.69) is 4.98 Å². The Balaban J connectivity index is 0.000000605. The van der Waals surface area contributed by atoms with Crippen molar-refractivity contribution in [3.8, 4) is 0 Å². The molecule has 3 nitrogen and oxygen atoms in total. The molecule has 11 heavy (non-hydrogen) atoms. The van der Waals surface area contributed by atoms with Crippen LogP contribution in [-0.4, -0.2) is 4.98 Å². The molecular weight excluding hydrogens is 164 g/mol. The number of halogens is 1. The van der Waals surface area contributed by atoms with E-state index in [-0.39, 0.29) is 11.5 Å². The molecule has 0 atom stereocenters. The zero-order valence-electron chi connectivity index (χ0n) is 5.75. The third-order valence-electron chi connectivity index (χ3n) is 1.27. The van der Waals surface area contributed by atoms with Gasteiger partial charge in [0.2, 0.25) is 0 Å². The van der Waals surface area contributed by atoms with Gasteiger partial charge in [-0.1, -0.05) is 12.1 Å². The first-order valence-corrected chi connectivity index (χ1v) is 3.25. The van der Waals surface area contributed by atoms with E-state index in [1.807, 2.05) is 24.3 Å². The fourth-order valence-corrected chi connectivity index (χ4v) is 1.02. The molecule has 0 aliphatic carbocycles. The molecule has 3 N–H and O–H groups in total. The van der Waals surface area contributed by atoms with E-state index in [0.29, 0.717) is 0 Å². The average molecular weight is 171 g/mol. The van der Waals surface area contributed by atoms with Gasteiger partial charge in [0, 0.05) is 0 Å². The molecule has 1 heterocycles. The van der Waals surface area contributed by atoms with Crippen molar-refractivity contribution in [2.45, 2.75) is 0 Å². The van der Waals surface area contributed by atoms with Crippen LogP contribution >= 0.6 is 11.6 Å². The highest BCUT2D eigenvalue weighted by Crippen LogP contribution is 2.17. The predicted octanol–water partition coefficient (Wildman–Crippen LogP) is 2.64. The van der Waals surface area contributed by atoms with Gasteiger partial charge in [0.25, 0.3) is 5.35 Å². The van der Waals surface area contributed by atoms with Crippen molar-refractivity contribution < 1.29 is 4.42 Å². The predicted molar refractivity (Wildman–Crippen MR) is 44.0 cm³/mol. The average Bonchev–Trinajstić information content (AvgIpc) is 2.27. The molecule has 4 heteroatoms. The van der Waals surface area contributed by atoms with Crippen molar-refractivity contribution in [1.29, 1.82) is 0 Å². The Morgan fingerprint density at radius 3 is 2.73 bits per heavy atom. The summed E-state index contributed by atoms with van der Waals surface area (Å²) in [4.78, 5) is 3.91. The summed E-state index contributed by atoms with van der Waals surface area (Å²) in [5, 5.41) is 0.196. The number of nitrogens with zero attached hydrogens (tertiary/aromatic N) is 1. The Labute approximate surface area is 68.6 Å². The van der Waals surface area contributed by atoms with Gasteiger partial charge in [-0.15, -0.1) is 0 Å². The summed E-state index contributed by atoms with van der Waals surface area (Å²) in [6, 6.07) is 7.45. The highest BCUT2D eigenvalue weighted by atomic mass is 35.5. The van der Waals surface area contributed by atoms with Gasteiger partial charge < -0.3 is 10.6 Å². The van der Waals surface area contributed by atoms with Gasteiger partial charge in [-0.05, 0) is 23.7 Å². The highest BCUT2D eigenvalue weighted by Gasteiger charge is 1.99. The zero-order chi connectivity index (χ0) is 6.97. The normalized spacial score (nSPS) is 9.55. The van der Waals surface area contributed by atoms with Crippen molar-refractivity contribution in [2.75, 3.05) is 0 Å². The SMILES string of the molecule is Clc1nc2ccccc2o1.N. The third kappa shape index (κ3) is 1.34. The summed E-state index contributed by atoms with van der Waals surface area (Å²) in [6.45, 7) is 0. The minimum Gasteiger partial charge on any atom is -0.428 e. The summed E-state index contributed by atoms with van der Waals surface area (Å²) in [6.07, 6.45) is 0. The van der Waals surface area contributed by atoms with Gasteiger partial charge in [0.05, 0.1) is 0 Å². The molecule has 0 aliphatic rings. The smallest absolute Gasteiger partial charge is 0.293 e. The molecule has 0 bridgehead atoms. The van der Waals surface area contributed by atoms with Crippen LogP contribution in [0.2, 0.25) is 5.35 Å². The van der Waals surface area contributed by atoms with Crippen LogP contribution in [0.3, 0.4) is 0 Å². The number of benzene rings is 1. The molecule has 0 amide bonds. The van der Waals surface area contributed by atoms with Crippen LogP contribution in [0.1, 0.15) is 0 Å². The van der Waals surface area contributed by atoms with E-state index in [0.717, 1.165) is 11.1 Å². The fraction of sp³-hybridized carbons (Fsp3) is 0. The molecule has 0 saturated carbocycles. The van der Waals surface area contributed by atoms with Gasteiger partial charge in [-0.25, -0.2) is 0 Å². The van der Waals surface area contributed by atoms with Crippen LogP contribution in [0.4, 0.5) is 0 Å². The monoisotopic (exact) mass is 170 g/mol. The number of para-hydroxylation sites is 2. The second-order valence-corrected chi connectivity index (χ2v) is 2.26. The lowest BCUT2D eigenvalue weighted by atomic mass is 10.3. The van der Waals surface area contributed by atoms with Crippen LogP contribution in [0.15, 0.2) is 28.7 Å². The second-order valence-electron chi connectivity index (χ2n) is 1.93. The topological polar surface area (TPSA) is 61.0 Å². The molecule has 0 fully saturated rings. The van der Waals surface area contributed by atoms with Gasteiger partial charge >= 0.3 is 0 Å². The molecule has 0 aliphatic heterocycles. The molecular formula is C7H7ClN2O. The third-order valence-corrected chi connectivity index (χ3v) is 1.43. The lowest BCUT2D eigenvalue weighted by Gasteiger charge is -1.79. The molecule has 0 spiro atoms. The molecule has 0 radical (unpaired) electrons. The maximum absolute atomic E-state index is 5.51. The minimum absolute atomic E-state index is 0. The highest BCUT2D eigenvalue weighted by molar-refractivity contribution is 6.28. The van der Waals surface area contributed by atoms with E-state index in [4.69, 9.17) is 16.0 Å². The Kier molecular flexibility index (Phi) is 2.12. The molecule has 0 unspecified atom stereocenters. The zero-order valence-corrected chi connectivity index (χ0v) is 6.51. The number of hydrogen-bond donors (Lipinski definition) is 1. The summed E-state index contributed by atoms with van der Waals surface area (Å²) >= 11 is 5.51. The summed E-state index contributed by atoms with van der Waals surface area (Å²) < 4.78 is 5.02. The Morgan fingerprint density at radius 1 is 1.27 bits per heavy atom. The quantitative estimate of drug-likeness (QED) is 0.661. The number of fused-ring (bicyclic) bond motifs is 1. The number of aromatic nitrogens is 1. The van der Waals surface area contributed by atoms with Crippen molar-refractivity contribution in [3.63, 3.8) is 0 Å². The van der Waals surface area contributed by atoms with Crippen molar-refractivity contribution in [3.05, 3.63) is 29.6 Å². The molecule has 0 saturated heterocycles. The van der Waals surface area contributed by atoms with Crippen LogP contribution in [0, 0.1) is 0 Å². The maximum atomic E-state index is 5.51. The van der Waals surface area contributed by atoms with E-state index in [9.17, 15) is 0 Å². The largest absolute Gasteiger partial charge is 0.428 e. The standard InChI is InChI=1S/C7H4ClNO.H3N/c8-7-9-5-3-1-2-4-6(5)10-7;/h1-4H;1H3. The minimum atomic E-state index is 0. The first kappa shape index (κ1) is 8.04. The Hall–Kier alpha value is -1.06. The Bertz CT molecular complexity index is 325. The molecule has 1 aromatic carbocycles. The van der Waals surface area contributed by atoms with E-state index in [1.165, 1.54) is 0 Å². The van der Waals surface area contributed by atoms with Crippen LogP contribution < -0.4 is 6.15 Å². The summed E-state index contributed by atoms with van der Waals surface area (Å²) in [7, 11) is 0. The lowest BCUT2D eigenvalue weighted by molar-refractivity contribution is 0.604. The maximum Gasteiger partial charge on any atom is 0.293 e. The number of oxazole rings is 1. The van der Waals surface area contributed by atoms with E-state index < -0.39 is 0 Å². The number of hydrogen-bond acceptors (Lipinski definition) is 3. The Morgan fingerprint density at radius 2 is 2.00 bits per heavy atom. The second kappa shape index (κ2) is 2.90. The summed E-state index contributed by atoms with van der Waals surface area (Å²) in [5.74, 6) is 0. The molecule has 2 rings (SSSR count). The van der Waals surface area contributed by atoms with Gasteiger partial charge in [-0.2, -0.15) is 4.98 Å². The fourth-order valence-electron chi connectivity index (χ4n) is 0.844. The van der Waals surface area contributed by atoms with Gasteiger partial charge in [-0.3, -0.25) is 0 Å². The van der Waals surface area contributed by atoms with Crippen molar-refractivity contribution in [2.24, 2.45) is 0 Å². The van der Waals surface area contributed by atoms with E-state index in [1.54, 1.807) is 0 Å². The van der Waals surface area contributed by atoms with Crippen molar-refractivity contribution >= 4 is 22.7 Å². The van der Waals surface area contributed by atoms with Gasteiger partial charge in [0.1, 0.15) is 5.52 Å². The van der Waals surface area contributed by atoms with Crippen LogP contribution in [0.25, 0.3) is 11.1 Å². The van der Waals surface area contributed by atoms with Crippen LogP contribution in [-0.2, 0) is 0 Å². The first-order valence-electron chi connectivity index (χ1n) is 2.87. The number of rotatable bonds is 0. The summed E-state index contributed by atoms with van der Waals surface area (Å²) in [5.41, 5.74) is 1.53. The molecule has 2 aromatic rings. The van der Waals surface area contributed by atoms with E-state index >= 15 is 0 Å². The van der Waals surface area contributed by atoms with Gasteiger partial charge in [0.15, 0.2) is 5.58 Å². The molecule has 1 aromatic heterocycles. The van der Waals surface area contributed by atoms with Crippen molar-refractivity contribution in [1.82, 2.24) is 11.1 Å². The lowest BCUT2D eigenvalue weighted by Crippen LogP contribution is -1.62. The molecule has 58 valence electrons. The van der Waals surface area contributed by atoms with Crippen LogP contribution in [0.5, 0.6) is 0 Å².